The number of unbranched alkanes of at least 4 members (excludes halogenated alkanes) is 2. The van der Waals surface area contributed by atoms with Gasteiger partial charge in [0.15, 0.2) is 11.8 Å². The maximum absolute atomic E-state index is 6.92. The summed E-state index contributed by atoms with van der Waals surface area (Å²) in [6.45, 7) is 0. The summed E-state index contributed by atoms with van der Waals surface area (Å²) in [4.78, 5) is 10.8. The van der Waals surface area contributed by atoms with Crippen LogP contribution in [-0.4, -0.2) is 84.3 Å². The van der Waals surface area contributed by atoms with Crippen LogP contribution in [0.4, 0.5) is 0 Å². The molecule has 4 aliphatic rings. The van der Waals surface area contributed by atoms with E-state index in [-0.39, 0.29) is 24.3 Å². The Morgan fingerprint density at radius 3 is 1.36 bits per heavy atom. The van der Waals surface area contributed by atoms with Gasteiger partial charge < -0.3 is 36.0 Å². The number of nitrogens with zero attached hydrogens (tertiary/aromatic N) is 2. The number of benzene rings is 2. The van der Waals surface area contributed by atoms with Gasteiger partial charge in [-0.1, -0.05) is 61.4 Å². The van der Waals surface area contributed by atoms with Crippen molar-refractivity contribution in [2.45, 2.75) is 87.7 Å². The van der Waals surface area contributed by atoms with Crippen molar-refractivity contribution in [3.8, 4) is 0 Å². The molecule has 2 aliphatic carbocycles. The lowest BCUT2D eigenvalue weighted by molar-refractivity contribution is 0.122. The molecular formula is C35H50N2O8Si2. The fraction of sp³-hybridized carbons (Fsp3) is 0.600. The van der Waals surface area contributed by atoms with E-state index >= 15 is 0 Å². The summed E-state index contributed by atoms with van der Waals surface area (Å²) in [5.41, 5.74) is 4.53. The zero-order chi connectivity index (χ0) is 33.1. The normalized spacial score (nSPS) is 23.0. The van der Waals surface area contributed by atoms with Gasteiger partial charge in [0.1, 0.15) is 29.7 Å². The molecule has 47 heavy (non-hydrogen) atoms. The number of fused-ring (bicyclic) bond motifs is 6. The van der Waals surface area contributed by atoms with Crippen molar-refractivity contribution in [3.63, 3.8) is 0 Å². The molecule has 0 saturated carbocycles. The Hall–Kier alpha value is -2.43. The third-order valence-corrected chi connectivity index (χ3v) is 16.4. The molecule has 2 aromatic carbocycles. The number of rotatable bonds is 18. The highest BCUT2D eigenvalue weighted by atomic mass is 28.4. The van der Waals surface area contributed by atoms with E-state index < -0.39 is 23.0 Å². The zero-order valence-electron chi connectivity index (χ0n) is 28.7. The number of hydrogen-bond acceptors (Lipinski definition) is 10. The summed E-state index contributed by atoms with van der Waals surface area (Å²) < 4.78 is 48.3. The Kier molecular flexibility index (Phi) is 10.7. The summed E-state index contributed by atoms with van der Waals surface area (Å²) >= 11 is 0. The largest absolute Gasteiger partial charge is 0.500 e. The summed E-state index contributed by atoms with van der Waals surface area (Å²) in [7, 11) is 4.58. The minimum absolute atomic E-state index is 0.0185. The van der Waals surface area contributed by atoms with Crippen LogP contribution in [0.15, 0.2) is 58.5 Å². The molecule has 2 aromatic rings. The van der Waals surface area contributed by atoms with Gasteiger partial charge in [0.2, 0.25) is 0 Å². The molecule has 0 aromatic heterocycles. The molecule has 0 spiro atoms. The topological polar surface area (TPSA) is 98.6 Å². The highest BCUT2D eigenvalue weighted by molar-refractivity contribution is 6.60. The molecule has 2 heterocycles. The van der Waals surface area contributed by atoms with Crippen molar-refractivity contribution in [2.75, 3.05) is 42.7 Å². The Morgan fingerprint density at radius 2 is 0.979 bits per heavy atom. The van der Waals surface area contributed by atoms with Gasteiger partial charge in [0, 0.05) is 67.6 Å². The quantitative estimate of drug-likeness (QED) is 0.134. The van der Waals surface area contributed by atoms with Gasteiger partial charge >= 0.3 is 17.6 Å². The highest BCUT2D eigenvalue weighted by Gasteiger charge is 2.54. The molecule has 2 aliphatic heterocycles. The molecule has 0 saturated heterocycles. The molecule has 4 atom stereocenters. The van der Waals surface area contributed by atoms with Gasteiger partial charge in [-0.05, 0) is 47.9 Å². The first-order valence-electron chi connectivity index (χ1n) is 16.9. The van der Waals surface area contributed by atoms with Crippen molar-refractivity contribution in [1.82, 2.24) is 0 Å². The first kappa shape index (κ1) is 34.4. The standard InChI is InChI=1S/C35H50N2O8Si2/c1-38-46(39-2,40-3)21-13-11-19-35(20-12-14-22-47(41-4,42-5)43-6,33-36-31-27-17-9-7-15-25(27)23-29(31)44-33)34-37-32-28-18-10-8-16-26(28)24-30(32)45-34/h7-10,15-18,29-32H,11-14,19-24H2,1-6H3/t29-,30-,31+,32+/m0/s1. The lowest BCUT2D eigenvalue weighted by Crippen LogP contribution is -2.44. The molecule has 0 radical (unpaired) electrons. The first-order chi connectivity index (χ1) is 22.9. The van der Waals surface area contributed by atoms with Gasteiger partial charge in [0.25, 0.3) is 0 Å². The summed E-state index contributed by atoms with van der Waals surface area (Å²) in [6.07, 6.45) is 6.69. The van der Waals surface area contributed by atoms with Crippen molar-refractivity contribution < 1.29 is 36.0 Å². The molecule has 0 N–H and O–H groups in total. The van der Waals surface area contributed by atoms with E-state index in [2.05, 4.69) is 48.5 Å². The Balaban J connectivity index is 1.34. The lowest BCUT2D eigenvalue weighted by atomic mass is 9.77. The predicted octanol–water partition coefficient (Wildman–Crippen LogP) is 6.26. The third kappa shape index (κ3) is 6.51. The van der Waals surface area contributed by atoms with Crippen LogP contribution >= 0.6 is 0 Å². The van der Waals surface area contributed by atoms with Crippen LogP contribution in [0.25, 0.3) is 0 Å². The van der Waals surface area contributed by atoms with E-state index in [1.54, 1.807) is 42.7 Å². The first-order valence-corrected chi connectivity index (χ1v) is 20.7. The second-order valence-corrected chi connectivity index (χ2v) is 19.1. The average molecular weight is 683 g/mol. The van der Waals surface area contributed by atoms with Gasteiger partial charge in [0.05, 0.1) is 0 Å². The van der Waals surface area contributed by atoms with Crippen LogP contribution < -0.4 is 0 Å². The maximum atomic E-state index is 6.92. The lowest BCUT2D eigenvalue weighted by Gasteiger charge is -2.34. The van der Waals surface area contributed by atoms with Crippen LogP contribution in [0.1, 0.15) is 72.9 Å². The molecule has 12 heteroatoms. The summed E-state index contributed by atoms with van der Waals surface area (Å²) in [5, 5.41) is 0. The second-order valence-electron chi connectivity index (χ2n) is 13.0. The number of hydrogen-bond donors (Lipinski definition) is 0. The predicted molar refractivity (Wildman–Crippen MR) is 184 cm³/mol. The smallest absolute Gasteiger partial charge is 0.474 e. The van der Waals surface area contributed by atoms with E-state index in [1.807, 2.05) is 0 Å². The van der Waals surface area contributed by atoms with E-state index in [0.29, 0.717) is 12.1 Å². The number of aliphatic imine (C=N–C) groups is 2. The molecule has 0 fully saturated rings. The second kappa shape index (κ2) is 14.6. The molecule has 0 bridgehead atoms. The molecule has 6 rings (SSSR count). The van der Waals surface area contributed by atoms with E-state index in [9.17, 15) is 0 Å². The van der Waals surface area contributed by atoms with Crippen molar-refractivity contribution in [2.24, 2.45) is 15.4 Å². The minimum Gasteiger partial charge on any atom is -0.474 e. The zero-order valence-corrected chi connectivity index (χ0v) is 30.7. The molecular weight excluding hydrogens is 633 g/mol. The van der Waals surface area contributed by atoms with Crippen molar-refractivity contribution >= 4 is 29.4 Å². The Labute approximate surface area is 281 Å². The van der Waals surface area contributed by atoms with Gasteiger partial charge in [-0.25, -0.2) is 9.98 Å². The molecule has 0 unspecified atom stereocenters. The van der Waals surface area contributed by atoms with Gasteiger partial charge in [-0.3, -0.25) is 0 Å². The van der Waals surface area contributed by atoms with Crippen LogP contribution in [0.5, 0.6) is 0 Å². The fourth-order valence-corrected chi connectivity index (χ4v) is 11.5. The Bertz CT molecular complexity index is 1320. The SMILES string of the molecule is CO[Si](CCCCC(CCCC[Si](OC)(OC)OC)(C1=N[C@@H]2c3ccccc3C[C@@H]2O1)C1=N[C@@H]2c3ccccc3C[C@@H]2O1)(OC)OC. The average Bonchev–Trinajstić information content (AvgIpc) is 3.88. The van der Waals surface area contributed by atoms with Crippen LogP contribution in [0, 0.1) is 5.41 Å². The highest BCUT2D eigenvalue weighted by Crippen LogP contribution is 2.50. The Morgan fingerprint density at radius 1 is 0.596 bits per heavy atom. The van der Waals surface area contributed by atoms with Crippen LogP contribution in [0.2, 0.25) is 12.1 Å². The molecule has 256 valence electrons. The molecule has 10 nitrogen and oxygen atoms in total. The van der Waals surface area contributed by atoms with E-state index in [1.165, 1.54) is 22.3 Å². The fourth-order valence-electron chi connectivity index (χ4n) is 7.96. The van der Waals surface area contributed by atoms with Crippen LogP contribution in [-0.2, 0) is 48.9 Å². The third-order valence-electron chi connectivity index (χ3n) is 10.7. The van der Waals surface area contributed by atoms with Crippen LogP contribution in [0.3, 0.4) is 0 Å². The summed E-state index contributed by atoms with van der Waals surface area (Å²) in [5.74, 6) is 1.52. The van der Waals surface area contributed by atoms with Crippen molar-refractivity contribution in [3.05, 3.63) is 70.8 Å². The summed E-state index contributed by atoms with van der Waals surface area (Å²) in [6, 6.07) is 18.5. The van der Waals surface area contributed by atoms with Gasteiger partial charge in [-0.2, -0.15) is 0 Å². The van der Waals surface area contributed by atoms with E-state index in [4.69, 9.17) is 46.0 Å². The molecule has 0 amide bonds. The minimum atomic E-state index is -2.72. The maximum Gasteiger partial charge on any atom is 0.500 e. The van der Waals surface area contributed by atoms with Gasteiger partial charge in [-0.15, -0.1) is 0 Å². The number of ether oxygens (including phenoxy) is 2. The monoisotopic (exact) mass is 682 g/mol. The van der Waals surface area contributed by atoms with E-state index in [0.717, 1.165) is 63.2 Å². The van der Waals surface area contributed by atoms with Crippen molar-refractivity contribution in [1.29, 1.82) is 0 Å².